The summed E-state index contributed by atoms with van der Waals surface area (Å²) < 4.78 is 26.8. The van der Waals surface area contributed by atoms with Gasteiger partial charge >= 0.3 is 5.97 Å². The lowest BCUT2D eigenvalue weighted by atomic mass is 10.6. The van der Waals surface area contributed by atoms with Crippen LogP contribution in [0.3, 0.4) is 0 Å². The van der Waals surface area contributed by atoms with Crippen LogP contribution in [0.25, 0.3) is 0 Å². The molecule has 0 radical (unpaired) electrons. The maximum atomic E-state index is 11.6. The molecule has 9 heavy (non-hydrogen) atoms. The van der Waals surface area contributed by atoms with E-state index in [9.17, 15) is 13.6 Å². The molecular formula is C5H6F2O2. The summed E-state index contributed by atoms with van der Waals surface area (Å²) in [5.74, 6) is -1.87. The average molecular weight is 136 g/mol. The van der Waals surface area contributed by atoms with E-state index in [-0.39, 0.29) is 0 Å². The molecule has 0 aromatic carbocycles. The van der Waals surface area contributed by atoms with Gasteiger partial charge in [-0.2, -0.15) is 0 Å². The molecule has 0 spiro atoms. The Morgan fingerprint density at radius 3 is 2.56 bits per heavy atom. The van der Waals surface area contributed by atoms with Gasteiger partial charge in [-0.25, -0.2) is 13.6 Å². The minimum Gasteiger partial charge on any atom is -0.456 e. The van der Waals surface area contributed by atoms with E-state index in [2.05, 4.69) is 11.3 Å². The lowest BCUT2D eigenvalue weighted by Gasteiger charge is -1.96. The van der Waals surface area contributed by atoms with Crippen LogP contribution in [0.15, 0.2) is 12.4 Å². The van der Waals surface area contributed by atoms with Crippen molar-refractivity contribution in [3.8, 4) is 0 Å². The molecule has 0 bridgehead atoms. The summed E-state index contributed by atoms with van der Waals surface area (Å²) in [5, 5.41) is 0. The van der Waals surface area contributed by atoms with Crippen LogP contribution in [-0.4, -0.2) is 19.3 Å². The van der Waals surface area contributed by atoms with Crippen LogP contribution < -0.4 is 0 Å². The maximum Gasteiger partial charge on any atom is 0.337 e. The minimum absolute atomic E-state index is 0.553. The zero-order valence-electron chi connectivity index (χ0n) is 4.69. The number of alkyl halides is 1. The van der Waals surface area contributed by atoms with E-state index in [1.165, 1.54) is 0 Å². The molecule has 2 nitrogen and oxygen atoms in total. The number of carbonyl (C=O) groups excluding carboxylic acids is 1. The third-order valence-electron chi connectivity index (χ3n) is 0.499. The van der Waals surface area contributed by atoms with Crippen molar-refractivity contribution in [3.63, 3.8) is 0 Å². The Kier molecular flexibility index (Phi) is 3.59. The fourth-order valence-electron chi connectivity index (χ4n) is 0.197. The van der Waals surface area contributed by atoms with Gasteiger partial charge in [0.1, 0.15) is 12.4 Å². The van der Waals surface area contributed by atoms with Crippen molar-refractivity contribution < 1.29 is 18.3 Å². The topological polar surface area (TPSA) is 26.3 Å². The van der Waals surface area contributed by atoms with Gasteiger partial charge in [-0.1, -0.05) is 6.58 Å². The summed E-state index contributed by atoms with van der Waals surface area (Å²) in [5.41, 5.74) is 0. The fourth-order valence-corrected chi connectivity index (χ4v) is 0.197. The van der Waals surface area contributed by atoms with Crippen LogP contribution in [0.5, 0.6) is 0 Å². The van der Waals surface area contributed by atoms with E-state index in [4.69, 9.17) is 0 Å². The van der Waals surface area contributed by atoms with Crippen molar-refractivity contribution in [1.29, 1.82) is 0 Å². The summed E-state index contributed by atoms with van der Waals surface area (Å²) in [6.45, 7) is 1.01. The number of halogens is 2. The van der Waals surface area contributed by atoms with Crippen molar-refractivity contribution >= 4 is 5.97 Å². The van der Waals surface area contributed by atoms with Crippen LogP contribution in [-0.2, 0) is 9.53 Å². The SMILES string of the molecule is C=C(F)COC(=O)CF. The Labute approximate surface area is 51.1 Å². The molecule has 0 N–H and O–H groups in total. The van der Waals surface area contributed by atoms with Gasteiger partial charge in [0.15, 0.2) is 6.67 Å². The highest BCUT2D eigenvalue weighted by molar-refractivity contribution is 5.70. The van der Waals surface area contributed by atoms with E-state index in [0.29, 0.717) is 0 Å². The van der Waals surface area contributed by atoms with E-state index in [0.717, 1.165) is 0 Å². The molecule has 0 aromatic heterocycles. The Balaban J connectivity index is 3.28. The van der Waals surface area contributed by atoms with Crippen LogP contribution >= 0.6 is 0 Å². The second-order valence-electron chi connectivity index (χ2n) is 1.31. The summed E-state index contributed by atoms with van der Waals surface area (Å²) in [6, 6.07) is 0. The van der Waals surface area contributed by atoms with Crippen molar-refractivity contribution in [2.24, 2.45) is 0 Å². The van der Waals surface area contributed by atoms with Crippen molar-refractivity contribution in [2.45, 2.75) is 0 Å². The van der Waals surface area contributed by atoms with E-state index < -0.39 is 25.1 Å². The molecule has 0 fully saturated rings. The number of hydrogen-bond acceptors (Lipinski definition) is 2. The molecule has 0 rings (SSSR count). The zero-order chi connectivity index (χ0) is 7.28. The molecule has 0 aliphatic carbocycles. The van der Waals surface area contributed by atoms with Gasteiger partial charge in [-0.05, 0) is 0 Å². The largest absolute Gasteiger partial charge is 0.456 e. The second kappa shape index (κ2) is 4.00. The smallest absolute Gasteiger partial charge is 0.337 e. The normalized spacial score (nSPS) is 8.67. The van der Waals surface area contributed by atoms with Crippen molar-refractivity contribution in [2.75, 3.05) is 13.3 Å². The molecule has 0 aliphatic rings. The van der Waals surface area contributed by atoms with Gasteiger partial charge in [-0.15, -0.1) is 0 Å². The first kappa shape index (κ1) is 8.07. The van der Waals surface area contributed by atoms with Gasteiger partial charge in [0.25, 0.3) is 0 Å². The molecule has 52 valence electrons. The van der Waals surface area contributed by atoms with Gasteiger partial charge in [-0.3, -0.25) is 0 Å². The fraction of sp³-hybridized carbons (Fsp3) is 0.400. The zero-order valence-corrected chi connectivity index (χ0v) is 4.69. The molecule has 0 saturated carbocycles. The lowest BCUT2D eigenvalue weighted by molar-refractivity contribution is -0.144. The Morgan fingerprint density at radius 1 is 1.67 bits per heavy atom. The van der Waals surface area contributed by atoms with E-state index >= 15 is 0 Å². The molecule has 0 aromatic rings. The average Bonchev–Trinajstić information content (AvgIpc) is 1.83. The molecule has 0 saturated heterocycles. The number of rotatable bonds is 3. The molecule has 0 amide bonds. The predicted octanol–water partition coefficient (Wildman–Crippen LogP) is 0.982. The highest BCUT2D eigenvalue weighted by Gasteiger charge is 2.00. The summed E-state index contributed by atoms with van der Waals surface area (Å²) in [7, 11) is 0. The maximum absolute atomic E-state index is 11.6. The van der Waals surface area contributed by atoms with Crippen LogP contribution in [0.2, 0.25) is 0 Å². The first-order chi connectivity index (χ1) is 4.16. The summed E-state index contributed by atoms with van der Waals surface area (Å²) in [6.07, 6.45) is 0. The van der Waals surface area contributed by atoms with E-state index in [1.807, 2.05) is 0 Å². The number of ether oxygens (including phenoxy) is 1. The van der Waals surface area contributed by atoms with Crippen LogP contribution in [0, 0.1) is 0 Å². The third kappa shape index (κ3) is 4.93. The van der Waals surface area contributed by atoms with Gasteiger partial charge in [0.2, 0.25) is 0 Å². The highest BCUT2D eigenvalue weighted by atomic mass is 19.1. The van der Waals surface area contributed by atoms with E-state index in [1.54, 1.807) is 0 Å². The summed E-state index contributed by atoms with van der Waals surface area (Å²) >= 11 is 0. The van der Waals surface area contributed by atoms with Crippen LogP contribution in [0.1, 0.15) is 0 Å². The van der Waals surface area contributed by atoms with Crippen LogP contribution in [0.4, 0.5) is 8.78 Å². The summed E-state index contributed by atoms with van der Waals surface area (Å²) in [4.78, 5) is 9.91. The molecule has 0 unspecified atom stereocenters. The molecule has 4 heteroatoms. The van der Waals surface area contributed by atoms with Gasteiger partial charge in [0, 0.05) is 0 Å². The first-order valence-electron chi connectivity index (χ1n) is 2.21. The highest BCUT2D eigenvalue weighted by Crippen LogP contribution is 1.91. The standard InChI is InChI=1S/C5H6F2O2/c1-4(7)3-9-5(8)2-6/h1-3H2. The Hall–Kier alpha value is -0.930. The number of hydrogen-bond donors (Lipinski definition) is 0. The minimum atomic E-state index is -1.23. The molecule has 0 atom stereocenters. The molecular weight excluding hydrogens is 130 g/mol. The third-order valence-corrected chi connectivity index (χ3v) is 0.499. The van der Waals surface area contributed by atoms with Gasteiger partial charge in [0.05, 0.1) is 0 Å². The number of esters is 1. The lowest BCUT2D eigenvalue weighted by Crippen LogP contribution is -2.07. The Bertz CT molecular complexity index is 122. The molecule has 0 aliphatic heterocycles. The monoisotopic (exact) mass is 136 g/mol. The number of carbonyl (C=O) groups is 1. The molecule has 0 heterocycles. The van der Waals surface area contributed by atoms with Crippen molar-refractivity contribution in [1.82, 2.24) is 0 Å². The Morgan fingerprint density at radius 2 is 2.22 bits per heavy atom. The quantitative estimate of drug-likeness (QED) is 0.540. The first-order valence-corrected chi connectivity index (χ1v) is 2.21. The second-order valence-corrected chi connectivity index (χ2v) is 1.31. The van der Waals surface area contributed by atoms with Gasteiger partial charge < -0.3 is 4.74 Å². The van der Waals surface area contributed by atoms with Crippen molar-refractivity contribution in [3.05, 3.63) is 12.4 Å². The predicted molar refractivity (Wildman–Crippen MR) is 27.2 cm³/mol.